The maximum absolute atomic E-state index is 10.4. The van der Waals surface area contributed by atoms with Gasteiger partial charge in [0.05, 0.1) is 0 Å². The molecule has 0 radical (unpaired) electrons. The molecule has 0 aliphatic heterocycles. The first-order chi connectivity index (χ1) is 5.56. The van der Waals surface area contributed by atoms with Crippen LogP contribution in [-0.2, 0) is 0 Å². The van der Waals surface area contributed by atoms with E-state index in [1.54, 1.807) is 0 Å². The first kappa shape index (κ1) is 9.92. The van der Waals surface area contributed by atoms with Crippen LogP contribution in [-0.4, -0.2) is 20.6 Å². The average Bonchev–Trinajstić information content (AvgIpc) is 2.04. The van der Waals surface area contributed by atoms with Gasteiger partial charge in [0.1, 0.15) is 5.60 Å². The molecular weight excluding hydrogens is 226 g/mol. The van der Waals surface area contributed by atoms with Crippen molar-refractivity contribution in [2.75, 3.05) is 0 Å². The zero-order valence-electron chi connectivity index (χ0n) is 6.70. The fourth-order valence-electron chi connectivity index (χ4n) is 1.60. The smallest absolute Gasteiger partial charge is 0.293 e. The molecule has 0 aromatic heterocycles. The molecule has 1 saturated carbocycles. The summed E-state index contributed by atoms with van der Waals surface area (Å²) in [5.41, 5.74) is -1.12. The summed E-state index contributed by atoms with van der Waals surface area (Å²) < 4.78 is 0. The lowest BCUT2D eigenvalue weighted by Crippen LogP contribution is -2.44. The number of hydrogen-bond donors (Lipinski definition) is 1. The van der Waals surface area contributed by atoms with E-state index < -0.39 is 15.5 Å². The Morgan fingerprint density at radius 3 is 2.33 bits per heavy atom. The van der Waals surface area contributed by atoms with Gasteiger partial charge in [-0.15, -0.1) is 0 Å². The van der Waals surface area contributed by atoms with Crippen molar-refractivity contribution in [2.24, 2.45) is 0 Å². The first-order valence-electron chi connectivity index (χ1n) is 4.06. The Morgan fingerprint density at radius 1 is 1.42 bits per heavy atom. The molecule has 0 bridgehead atoms. The lowest BCUT2D eigenvalue weighted by molar-refractivity contribution is -0.516. The van der Waals surface area contributed by atoms with Crippen LogP contribution in [0, 0.1) is 10.1 Å². The zero-order chi connectivity index (χ0) is 9.19. The van der Waals surface area contributed by atoms with Crippen molar-refractivity contribution < 1.29 is 10.0 Å². The fraction of sp³-hybridized carbons (Fsp3) is 1.00. The van der Waals surface area contributed by atoms with Gasteiger partial charge in [-0.25, -0.2) is 0 Å². The number of halogens is 1. The van der Waals surface area contributed by atoms with Gasteiger partial charge < -0.3 is 5.11 Å². The van der Waals surface area contributed by atoms with Gasteiger partial charge in [0, 0.05) is 4.92 Å². The number of alkyl halides is 1. The molecule has 1 aliphatic carbocycles. The molecule has 0 amide bonds. The lowest BCUT2D eigenvalue weighted by Gasteiger charge is -2.31. The highest BCUT2D eigenvalue weighted by molar-refractivity contribution is 9.09. The van der Waals surface area contributed by atoms with E-state index in [1.807, 2.05) is 0 Å². The molecule has 0 aromatic rings. The molecule has 70 valence electrons. The van der Waals surface area contributed by atoms with Gasteiger partial charge in [0.25, 0.3) is 4.95 Å². The third-order valence-corrected chi connectivity index (χ3v) is 3.53. The number of hydrogen-bond acceptors (Lipinski definition) is 3. The molecular formula is C7H12BrNO3. The molecule has 0 spiro atoms. The molecule has 0 heterocycles. The second kappa shape index (κ2) is 3.70. The minimum absolute atomic E-state index is 0.467. The second-order valence-electron chi connectivity index (χ2n) is 3.29. The Bertz CT molecular complexity index is 179. The fourth-order valence-corrected chi connectivity index (χ4v) is 2.06. The Labute approximate surface area is 79.2 Å². The minimum atomic E-state index is -1.12. The van der Waals surface area contributed by atoms with E-state index in [0.29, 0.717) is 12.8 Å². The van der Waals surface area contributed by atoms with E-state index in [9.17, 15) is 15.2 Å². The van der Waals surface area contributed by atoms with Crippen molar-refractivity contribution >= 4 is 15.9 Å². The predicted octanol–water partition coefficient (Wildman–Crippen LogP) is 1.68. The van der Waals surface area contributed by atoms with Gasteiger partial charge in [-0.2, -0.15) is 0 Å². The highest BCUT2D eigenvalue weighted by atomic mass is 79.9. The highest BCUT2D eigenvalue weighted by Gasteiger charge is 2.43. The maximum atomic E-state index is 10.4. The van der Waals surface area contributed by atoms with Crippen molar-refractivity contribution in [1.82, 2.24) is 0 Å². The van der Waals surface area contributed by atoms with Crippen LogP contribution in [0.15, 0.2) is 0 Å². The van der Waals surface area contributed by atoms with Crippen LogP contribution in [0.4, 0.5) is 0 Å². The van der Waals surface area contributed by atoms with Crippen molar-refractivity contribution in [3.8, 4) is 0 Å². The second-order valence-corrected chi connectivity index (χ2v) is 4.15. The molecule has 1 fully saturated rings. The first-order valence-corrected chi connectivity index (χ1v) is 4.98. The molecule has 5 heteroatoms. The summed E-state index contributed by atoms with van der Waals surface area (Å²) in [7, 11) is 0. The molecule has 0 aromatic carbocycles. The summed E-state index contributed by atoms with van der Waals surface area (Å²) in [4.78, 5) is 8.93. The molecule has 4 nitrogen and oxygen atoms in total. The quantitative estimate of drug-likeness (QED) is 0.344. The van der Waals surface area contributed by atoms with Gasteiger partial charge in [-0.1, -0.05) is 19.3 Å². The number of nitrogens with zero attached hydrogens (tertiary/aromatic N) is 1. The van der Waals surface area contributed by atoms with Crippen molar-refractivity contribution in [2.45, 2.75) is 42.7 Å². The van der Waals surface area contributed by atoms with E-state index in [2.05, 4.69) is 15.9 Å². The number of nitro groups is 1. The topological polar surface area (TPSA) is 63.4 Å². The van der Waals surface area contributed by atoms with Gasteiger partial charge >= 0.3 is 0 Å². The third-order valence-electron chi connectivity index (χ3n) is 2.35. The van der Waals surface area contributed by atoms with E-state index in [0.717, 1.165) is 19.3 Å². The Morgan fingerprint density at radius 2 is 1.92 bits per heavy atom. The summed E-state index contributed by atoms with van der Waals surface area (Å²) in [6.07, 6.45) is 3.90. The summed E-state index contributed by atoms with van der Waals surface area (Å²) in [6, 6.07) is 0. The normalized spacial score (nSPS) is 24.8. The Kier molecular flexibility index (Phi) is 3.06. The van der Waals surface area contributed by atoms with Gasteiger partial charge in [-0.05, 0) is 28.8 Å². The largest absolute Gasteiger partial charge is 0.382 e. The summed E-state index contributed by atoms with van der Waals surface area (Å²) >= 11 is 2.91. The highest BCUT2D eigenvalue weighted by Crippen LogP contribution is 2.34. The van der Waals surface area contributed by atoms with Crippen LogP contribution >= 0.6 is 15.9 Å². The van der Waals surface area contributed by atoms with Gasteiger partial charge in [-0.3, -0.25) is 10.1 Å². The molecule has 1 unspecified atom stereocenters. The molecule has 1 atom stereocenters. The van der Waals surface area contributed by atoms with E-state index in [1.165, 1.54) is 0 Å². The maximum Gasteiger partial charge on any atom is 0.293 e. The molecule has 12 heavy (non-hydrogen) atoms. The van der Waals surface area contributed by atoms with Crippen LogP contribution in [0.2, 0.25) is 0 Å². The third kappa shape index (κ3) is 1.95. The van der Waals surface area contributed by atoms with Gasteiger partial charge in [0.15, 0.2) is 0 Å². The van der Waals surface area contributed by atoms with Crippen LogP contribution in [0.3, 0.4) is 0 Å². The van der Waals surface area contributed by atoms with E-state index in [-0.39, 0.29) is 0 Å². The number of aliphatic hydroxyl groups is 1. The number of rotatable bonds is 2. The predicted molar refractivity (Wildman–Crippen MR) is 47.7 cm³/mol. The van der Waals surface area contributed by atoms with Crippen LogP contribution in [0.1, 0.15) is 32.1 Å². The van der Waals surface area contributed by atoms with Crippen molar-refractivity contribution in [3.05, 3.63) is 10.1 Å². The Hall–Kier alpha value is -0.160. The molecule has 1 aliphatic rings. The monoisotopic (exact) mass is 237 g/mol. The van der Waals surface area contributed by atoms with Crippen LogP contribution in [0.5, 0.6) is 0 Å². The van der Waals surface area contributed by atoms with E-state index >= 15 is 0 Å². The average molecular weight is 238 g/mol. The zero-order valence-corrected chi connectivity index (χ0v) is 8.29. The molecule has 1 rings (SSSR count). The summed E-state index contributed by atoms with van der Waals surface area (Å²) in [6.45, 7) is 0. The summed E-state index contributed by atoms with van der Waals surface area (Å²) in [5, 5.41) is 20.2. The summed E-state index contributed by atoms with van der Waals surface area (Å²) in [5.74, 6) is 0. The lowest BCUT2D eigenvalue weighted by atomic mass is 9.85. The standard InChI is InChI=1S/C7H12BrNO3/c8-6(9(11)12)7(10)4-2-1-3-5-7/h6,10H,1-5H2. The minimum Gasteiger partial charge on any atom is -0.382 e. The van der Waals surface area contributed by atoms with Crippen molar-refractivity contribution in [3.63, 3.8) is 0 Å². The Balaban J connectivity index is 2.62. The molecule has 1 N–H and O–H groups in total. The van der Waals surface area contributed by atoms with Crippen LogP contribution < -0.4 is 0 Å². The molecule has 0 saturated heterocycles. The van der Waals surface area contributed by atoms with Gasteiger partial charge in [0.2, 0.25) is 0 Å². The SMILES string of the molecule is O=[N+]([O-])C(Br)C1(O)CCCCC1. The van der Waals surface area contributed by atoms with Crippen molar-refractivity contribution in [1.29, 1.82) is 0 Å². The van der Waals surface area contributed by atoms with E-state index in [4.69, 9.17) is 0 Å². The van der Waals surface area contributed by atoms with Crippen LogP contribution in [0.25, 0.3) is 0 Å².